The average molecular weight is 335 g/mol. The first-order chi connectivity index (χ1) is 10.1. The Morgan fingerprint density at radius 1 is 1.09 bits per heavy atom. The van der Waals surface area contributed by atoms with Crippen LogP contribution in [-0.4, -0.2) is 11.6 Å². The van der Waals surface area contributed by atoms with Crippen molar-refractivity contribution in [1.29, 1.82) is 0 Å². The molecule has 0 aliphatic carbocycles. The van der Waals surface area contributed by atoms with Crippen LogP contribution in [0.5, 0.6) is 0 Å². The predicted octanol–water partition coefficient (Wildman–Crippen LogP) is 5.67. The van der Waals surface area contributed by atoms with Gasteiger partial charge in [-0.3, -0.25) is 9.59 Å². The van der Waals surface area contributed by atoms with Gasteiger partial charge in [0.25, 0.3) is 0 Å². The number of Topliss-reactive ketones (excluding diaryl/α,β-unsaturated/α-hetero) is 2. The van der Waals surface area contributed by atoms with Crippen molar-refractivity contribution >= 4 is 34.2 Å². The molecule has 0 fully saturated rings. The summed E-state index contributed by atoms with van der Waals surface area (Å²) in [6.07, 6.45) is 0. The second kappa shape index (κ2) is 6.09. The van der Waals surface area contributed by atoms with E-state index in [1.165, 1.54) is 11.8 Å². The molecule has 0 atom stereocenters. The molecule has 2 aromatic rings. The van der Waals surface area contributed by atoms with E-state index < -0.39 is 5.78 Å². The van der Waals surface area contributed by atoms with Crippen molar-refractivity contribution in [3.05, 3.63) is 33.5 Å². The van der Waals surface area contributed by atoms with Crippen LogP contribution < -0.4 is 0 Å². The van der Waals surface area contributed by atoms with E-state index in [1.807, 2.05) is 6.07 Å². The van der Waals surface area contributed by atoms with Gasteiger partial charge in [-0.25, -0.2) is 0 Å². The summed E-state index contributed by atoms with van der Waals surface area (Å²) in [5.74, 6) is -0.440. The number of hydrogen-bond donors (Lipinski definition) is 0. The topological polar surface area (TPSA) is 34.1 Å². The molecule has 2 heterocycles. The quantitative estimate of drug-likeness (QED) is 0.533. The third-order valence-electron chi connectivity index (χ3n) is 3.45. The molecule has 0 N–H and O–H groups in total. The standard InChI is InChI=1S/C18H22O2S2/c1-10(2)14-9-12(16(20)11(3)19)17(22-14)13-7-8-15(21-13)18(4,5)6/h7-10H,1-6H3. The fourth-order valence-corrected chi connectivity index (χ4v) is 4.45. The van der Waals surface area contributed by atoms with Crippen LogP contribution in [0, 0.1) is 0 Å². The molecule has 118 valence electrons. The summed E-state index contributed by atoms with van der Waals surface area (Å²) in [5, 5.41) is 0. The summed E-state index contributed by atoms with van der Waals surface area (Å²) in [4.78, 5) is 28.2. The smallest absolute Gasteiger partial charge is 0.229 e. The highest BCUT2D eigenvalue weighted by Gasteiger charge is 2.24. The van der Waals surface area contributed by atoms with Crippen LogP contribution in [0.3, 0.4) is 0 Å². The fraction of sp³-hybridized carbons (Fsp3) is 0.444. The van der Waals surface area contributed by atoms with Crippen molar-refractivity contribution < 1.29 is 9.59 Å². The van der Waals surface area contributed by atoms with E-state index in [2.05, 4.69) is 46.8 Å². The van der Waals surface area contributed by atoms with Gasteiger partial charge in [-0.05, 0) is 29.5 Å². The van der Waals surface area contributed by atoms with Gasteiger partial charge in [0.15, 0.2) is 5.78 Å². The zero-order valence-corrected chi connectivity index (χ0v) is 15.6. The van der Waals surface area contributed by atoms with Crippen molar-refractivity contribution in [3.8, 4) is 9.75 Å². The Hall–Kier alpha value is -1.26. The Labute approximate surface area is 140 Å². The van der Waals surface area contributed by atoms with Crippen molar-refractivity contribution in [3.63, 3.8) is 0 Å². The maximum Gasteiger partial charge on any atom is 0.229 e. The monoisotopic (exact) mass is 334 g/mol. The first kappa shape index (κ1) is 17.1. The number of carbonyl (C=O) groups excluding carboxylic acids is 2. The molecule has 0 spiro atoms. The molecule has 22 heavy (non-hydrogen) atoms. The van der Waals surface area contributed by atoms with Crippen LogP contribution >= 0.6 is 22.7 Å². The molecule has 2 aromatic heterocycles. The molecule has 0 saturated carbocycles. The van der Waals surface area contributed by atoms with Crippen LogP contribution in [0.15, 0.2) is 18.2 Å². The molecule has 2 nitrogen and oxygen atoms in total. The third-order valence-corrected chi connectivity index (χ3v) is 6.58. The van der Waals surface area contributed by atoms with Gasteiger partial charge in [0.05, 0.1) is 4.88 Å². The largest absolute Gasteiger partial charge is 0.291 e. The Balaban J connectivity index is 2.56. The van der Waals surface area contributed by atoms with Gasteiger partial charge in [0, 0.05) is 27.1 Å². The van der Waals surface area contributed by atoms with Gasteiger partial charge in [-0.1, -0.05) is 34.6 Å². The number of ketones is 2. The van der Waals surface area contributed by atoms with E-state index in [4.69, 9.17) is 0 Å². The minimum Gasteiger partial charge on any atom is -0.291 e. The van der Waals surface area contributed by atoms with Gasteiger partial charge < -0.3 is 0 Å². The highest BCUT2D eigenvalue weighted by molar-refractivity contribution is 7.22. The number of rotatable bonds is 4. The zero-order valence-electron chi connectivity index (χ0n) is 13.9. The summed E-state index contributed by atoms with van der Waals surface area (Å²) in [5.41, 5.74) is 0.648. The van der Waals surface area contributed by atoms with E-state index >= 15 is 0 Å². The summed E-state index contributed by atoms with van der Waals surface area (Å²) in [7, 11) is 0. The Kier molecular flexibility index (Phi) is 4.73. The lowest BCUT2D eigenvalue weighted by Gasteiger charge is -2.15. The Morgan fingerprint density at radius 2 is 1.73 bits per heavy atom. The van der Waals surface area contributed by atoms with Crippen LogP contribution in [0.25, 0.3) is 9.75 Å². The summed E-state index contributed by atoms with van der Waals surface area (Å²) < 4.78 is 0. The summed E-state index contributed by atoms with van der Waals surface area (Å²) in [6, 6.07) is 6.08. The highest BCUT2D eigenvalue weighted by atomic mass is 32.1. The summed E-state index contributed by atoms with van der Waals surface area (Å²) in [6.45, 7) is 12.1. The number of thiophene rings is 2. The first-order valence-electron chi connectivity index (χ1n) is 7.41. The van der Waals surface area contributed by atoms with Gasteiger partial charge in [0.2, 0.25) is 5.78 Å². The minimum absolute atomic E-state index is 0.0891. The van der Waals surface area contributed by atoms with Crippen LogP contribution in [0.4, 0.5) is 0 Å². The first-order valence-corrected chi connectivity index (χ1v) is 9.04. The van der Waals surface area contributed by atoms with E-state index in [1.54, 1.807) is 22.7 Å². The lowest BCUT2D eigenvalue weighted by atomic mass is 9.95. The van der Waals surface area contributed by atoms with Gasteiger partial charge in [0.1, 0.15) is 0 Å². The molecule has 0 aromatic carbocycles. The lowest BCUT2D eigenvalue weighted by molar-refractivity contribution is -0.113. The number of hydrogen-bond acceptors (Lipinski definition) is 4. The fourth-order valence-electron chi connectivity index (χ4n) is 2.10. The van der Waals surface area contributed by atoms with Crippen molar-refractivity contribution in [1.82, 2.24) is 0 Å². The van der Waals surface area contributed by atoms with E-state index in [0.717, 1.165) is 14.6 Å². The second-order valence-electron chi connectivity index (χ2n) is 6.85. The van der Waals surface area contributed by atoms with Gasteiger partial charge in [-0.2, -0.15) is 0 Å². The molecule has 2 rings (SSSR count). The van der Waals surface area contributed by atoms with Gasteiger partial charge >= 0.3 is 0 Å². The Morgan fingerprint density at radius 3 is 2.18 bits per heavy atom. The van der Waals surface area contributed by atoms with Crippen molar-refractivity contribution in [2.24, 2.45) is 0 Å². The van der Waals surface area contributed by atoms with Crippen LogP contribution in [-0.2, 0) is 10.2 Å². The zero-order chi connectivity index (χ0) is 16.7. The predicted molar refractivity (Wildman–Crippen MR) is 95.4 cm³/mol. The van der Waals surface area contributed by atoms with Gasteiger partial charge in [-0.15, -0.1) is 22.7 Å². The van der Waals surface area contributed by atoms with E-state index in [9.17, 15) is 9.59 Å². The molecular weight excluding hydrogens is 312 g/mol. The van der Waals surface area contributed by atoms with Crippen LogP contribution in [0.1, 0.15) is 67.6 Å². The minimum atomic E-state index is -0.401. The SMILES string of the molecule is CC(=O)C(=O)c1cc(C(C)C)sc1-c1ccc(C(C)(C)C)s1. The number of carbonyl (C=O) groups is 2. The third kappa shape index (κ3) is 3.39. The molecule has 4 heteroatoms. The average Bonchev–Trinajstić information content (AvgIpc) is 3.03. The molecule has 0 aliphatic rings. The normalized spacial score (nSPS) is 12.0. The Bertz CT molecular complexity index is 712. The molecule has 0 saturated heterocycles. The van der Waals surface area contributed by atoms with Crippen LogP contribution in [0.2, 0.25) is 0 Å². The molecule has 0 amide bonds. The lowest BCUT2D eigenvalue weighted by Crippen LogP contribution is -2.09. The summed E-state index contributed by atoms with van der Waals surface area (Å²) >= 11 is 3.34. The molecule has 0 unspecified atom stereocenters. The second-order valence-corrected chi connectivity index (χ2v) is 9.01. The van der Waals surface area contributed by atoms with E-state index in [0.29, 0.717) is 11.5 Å². The molecule has 0 aliphatic heterocycles. The maximum atomic E-state index is 12.2. The maximum absolute atomic E-state index is 12.2. The molecular formula is C18H22O2S2. The highest BCUT2D eigenvalue weighted by Crippen LogP contribution is 2.42. The molecule has 0 radical (unpaired) electrons. The van der Waals surface area contributed by atoms with E-state index in [-0.39, 0.29) is 11.2 Å². The van der Waals surface area contributed by atoms with Crippen molar-refractivity contribution in [2.75, 3.05) is 0 Å². The molecule has 0 bridgehead atoms. The van der Waals surface area contributed by atoms with Crippen molar-refractivity contribution in [2.45, 2.75) is 52.9 Å².